The highest BCUT2D eigenvalue weighted by Crippen LogP contribution is 2.49. The molecule has 0 spiro atoms. The van der Waals surface area contributed by atoms with Crippen molar-refractivity contribution >= 4 is 34.1 Å². The second kappa shape index (κ2) is 9.30. The fourth-order valence-electron chi connectivity index (χ4n) is 5.03. The van der Waals surface area contributed by atoms with Crippen molar-refractivity contribution in [3.8, 4) is 5.75 Å². The Morgan fingerprint density at radius 3 is 2.71 bits per heavy atom. The molecule has 5 rings (SSSR count). The zero-order valence-corrected chi connectivity index (χ0v) is 20.4. The minimum absolute atomic E-state index is 0.0368. The quantitative estimate of drug-likeness (QED) is 0.436. The van der Waals surface area contributed by atoms with Gasteiger partial charge >= 0.3 is 5.97 Å². The van der Waals surface area contributed by atoms with Crippen LogP contribution in [0.5, 0.6) is 5.75 Å². The third-order valence-electron chi connectivity index (χ3n) is 6.69. The number of hydrogen-bond donors (Lipinski definition) is 0. The highest BCUT2D eigenvalue weighted by atomic mass is 32.1. The molecule has 1 aromatic carbocycles. The molecule has 35 heavy (non-hydrogen) atoms. The topological polar surface area (TPSA) is 95.0 Å². The molecule has 0 saturated heterocycles. The largest absolute Gasteiger partial charge is 0.490 e. The van der Waals surface area contributed by atoms with Gasteiger partial charge in [0.05, 0.1) is 30.3 Å². The van der Waals surface area contributed by atoms with Crippen molar-refractivity contribution in [2.24, 2.45) is 5.92 Å². The Morgan fingerprint density at radius 2 is 2.00 bits per heavy atom. The molecule has 1 saturated carbocycles. The highest BCUT2D eigenvalue weighted by molar-refractivity contribution is 7.17. The van der Waals surface area contributed by atoms with Crippen LogP contribution < -0.4 is 9.64 Å². The van der Waals surface area contributed by atoms with Crippen molar-refractivity contribution in [3.05, 3.63) is 64.4 Å². The molecule has 3 unspecified atom stereocenters. The van der Waals surface area contributed by atoms with Crippen LogP contribution in [-0.4, -0.2) is 42.5 Å². The first-order chi connectivity index (χ1) is 16.9. The smallest absolute Gasteiger partial charge is 0.350 e. The summed E-state index contributed by atoms with van der Waals surface area (Å²) in [4.78, 5) is 46.0. The van der Waals surface area contributed by atoms with E-state index in [9.17, 15) is 14.4 Å². The van der Waals surface area contributed by atoms with E-state index in [0.29, 0.717) is 33.6 Å². The summed E-state index contributed by atoms with van der Waals surface area (Å²) in [6, 6.07) is 6.55. The van der Waals surface area contributed by atoms with Crippen LogP contribution in [0.25, 0.3) is 0 Å². The molecule has 1 aromatic heterocycles. The predicted octanol–water partition coefficient (Wildman–Crippen LogP) is 4.30. The summed E-state index contributed by atoms with van der Waals surface area (Å²) in [5, 5.41) is 0.318. The molecule has 2 aromatic rings. The molecule has 9 heteroatoms. The van der Waals surface area contributed by atoms with E-state index < -0.39 is 17.9 Å². The van der Waals surface area contributed by atoms with Gasteiger partial charge in [0.25, 0.3) is 5.91 Å². The van der Waals surface area contributed by atoms with E-state index in [1.54, 1.807) is 25.1 Å². The number of amides is 1. The van der Waals surface area contributed by atoms with E-state index in [1.165, 1.54) is 12.0 Å². The van der Waals surface area contributed by atoms with E-state index in [4.69, 9.17) is 14.2 Å². The lowest BCUT2D eigenvalue weighted by Crippen LogP contribution is -2.39. The van der Waals surface area contributed by atoms with Crippen LogP contribution in [0, 0.1) is 12.8 Å². The molecule has 1 aliphatic carbocycles. The number of ether oxygens (including phenoxy) is 3. The second-order valence-electron chi connectivity index (χ2n) is 8.80. The number of anilines is 1. The summed E-state index contributed by atoms with van der Waals surface area (Å²) in [6.07, 6.45) is 4.81. The summed E-state index contributed by atoms with van der Waals surface area (Å²) in [7, 11) is 1.30. The molecule has 3 heterocycles. The van der Waals surface area contributed by atoms with Crippen molar-refractivity contribution in [3.63, 3.8) is 0 Å². The SMILES string of the molecule is C=CCOc1ccc(C2C3=C(OC4CCCCC4C3=O)C(=O)N2c2nc(C)c(C(=O)OC)s2)cc1. The Hall–Kier alpha value is -3.46. The maximum Gasteiger partial charge on any atom is 0.350 e. The molecule has 0 radical (unpaired) electrons. The third-order valence-corrected chi connectivity index (χ3v) is 7.83. The van der Waals surface area contributed by atoms with Gasteiger partial charge in [-0.1, -0.05) is 42.5 Å². The summed E-state index contributed by atoms with van der Waals surface area (Å²) < 4.78 is 16.7. The summed E-state index contributed by atoms with van der Waals surface area (Å²) >= 11 is 1.07. The number of rotatable bonds is 6. The van der Waals surface area contributed by atoms with Gasteiger partial charge in [0.2, 0.25) is 0 Å². The first kappa shape index (κ1) is 23.3. The van der Waals surface area contributed by atoms with E-state index >= 15 is 0 Å². The average Bonchev–Trinajstić information content (AvgIpc) is 3.40. The lowest BCUT2D eigenvalue weighted by atomic mass is 9.77. The Bertz CT molecular complexity index is 1230. The number of hydrogen-bond acceptors (Lipinski definition) is 8. The third kappa shape index (κ3) is 3.93. The summed E-state index contributed by atoms with van der Waals surface area (Å²) in [6.45, 7) is 5.72. The fraction of sp³-hybridized carbons (Fsp3) is 0.385. The number of aromatic nitrogens is 1. The van der Waals surface area contributed by atoms with Crippen molar-refractivity contribution in [1.82, 2.24) is 4.98 Å². The molecular weight excluding hydrogens is 468 g/mol. The van der Waals surface area contributed by atoms with Crippen LogP contribution in [0.3, 0.4) is 0 Å². The van der Waals surface area contributed by atoms with Gasteiger partial charge in [-0.25, -0.2) is 9.78 Å². The Kier molecular flexibility index (Phi) is 6.19. The van der Waals surface area contributed by atoms with E-state index in [0.717, 1.165) is 42.6 Å². The minimum atomic E-state index is -0.711. The van der Waals surface area contributed by atoms with Crippen LogP contribution in [0.15, 0.2) is 48.3 Å². The standard InChI is InChI=1S/C26H26N2O6S/c1-4-13-33-16-11-9-15(10-12-16)20-19-21(29)17-7-5-6-8-18(17)34-22(19)24(30)28(20)26-27-14(2)23(35-26)25(31)32-3/h4,9-12,17-18,20H,1,5-8,13H2,2-3H3. The average molecular weight is 495 g/mol. The van der Waals surface area contributed by atoms with Crippen molar-refractivity contribution < 1.29 is 28.6 Å². The minimum Gasteiger partial charge on any atom is -0.490 e. The maximum atomic E-state index is 13.7. The predicted molar refractivity (Wildman–Crippen MR) is 129 cm³/mol. The van der Waals surface area contributed by atoms with Crippen LogP contribution in [0.4, 0.5) is 5.13 Å². The van der Waals surface area contributed by atoms with Gasteiger partial charge < -0.3 is 14.2 Å². The number of nitrogens with zero attached hydrogens (tertiary/aromatic N) is 2. The normalized spacial score (nSPS) is 23.5. The molecular formula is C26H26N2O6S. The number of esters is 1. The molecule has 3 atom stereocenters. The summed E-state index contributed by atoms with van der Waals surface area (Å²) in [5.74, 6) is -0.478. The number of fused-ring (bicyclic) bond motifs is 1. The monoisotopic (exact) mass is 494 g/mol. The van der Waals surface area contributed by atoms with Gasteiger partial charge in [0.1, 0.15) is 23.3 Å². The van der Waals surface area contributed by atoms with E-state index in [-0.39, 0.29) is 23.6 Å². The number of aryl methyl sites for hydroxylation is 1. The number of thiazole rings is 1. The Balaban J connectivity index is 1.60. The van der Waals surface area contributed by atoms with Crippen LogP contribution in [0.1, 0.15) is 52.7 Å². The van der Waals surface area contributed by atoms with E-state index in [1.807, 2.05) is 12.1 Å². The molecule has 3 aliphatic rings. The van der Waals surface area contributed by atoms with Crippen molar-refractivity contribution in [2.75, 3.05) is 18.6 Å². The maximum absolute atomic E-state index is 13.7. The number of methoxy groups -OCH3 is 1. The summed E-state index contributed by atoms with van der Waals surface area (Å²) in [5.41, 5.74) is 1.56. The van der Waals surface area contributed by atoms with Gasteiger partial charge in [-0.15, -0.1) is 0 Å². The lowest BCUT2D eigenvalue weighted by Gasteiger charge is -2.35. The van der Waals surface area contributed by atoms with Crippen molar-refractivity contribution in [1.29, 1.82) is 0 Å². The van der Waals surface area contributed by atoms with Crippen LogP contribution in [0.2, 0.25) is 0 Å². The van der Waals surface area contributed by atoms with Crippen molar-refractivity contribution in [2.45, 2.75) is 44.8 Å². The number of carbonyl (C=O) groups excluding carboxylic acids is 3. The molecule has 182 valence electrons. The van der Waals surface area contributed by atoms with Gasteiger partial charge in [-0.2, -0.15) is 0 Å². The first-order valence-electron chi connectivity index (χ1n) is 11.6. The molecule has 8 nitrogen and oxygen atoms in total. The lowest BCUT2D eigenvalue weighted by molar-refractivity contribution is -0.131. The molecule has 1 amide bonds. The highest BCUT2D eigenvalue weighted by Gasteiger charge is 2.53. The van der Waals surface area contributed by atoms with Gasteiger partial charge in [-0.3, -0.25) is 14.5 Å². The van der Waals surface area contributed by atoms with E-state index in [2.05, 4.69) is 11.6 Å². The van der Waals surface area contributed by atoms with Gasteiger partial charge in [-0.05, 0) is 43.9 Å². The molecule has 2 aliphatic heterocycles. The van der Waals surface area contributed by atoms with Crippen LogP contribution in [-0.2, 0) is 19.1 Å². The molecule has 0 N–H and O–H groups in total. The van der Waals surface area contributed by atoms with Crippen LogP contribution >= 0.6 is 11.3 Å². The molecule has 0 bridgehead atoms. The zero-order valence-electron chi connectivity index (χ0n) is 19.6. The number of ketones is 1. The fourth-order valence-corrected chi connectivity index (χ4v) is 6.04. The Morgan fingerprint density at radius 1 is 1.26 bits per heavy atom. The second-order valence-corrected chi connectivity index (χ2v) is 9.78. The number of Topliss-reactive ketones (excluding diaryl/α,β-unsaturated/α-hetero) is 1. The first-order valence-corrected chi connectivity index (χ1v) is 12.4. The Labute approximate surface area is 207 Å². The zero-order chi connectivity index (χ0) is 24.7. The van der Waals surface area contributed by atoms with Gasteiger partial charge in [0, 0.05) is 0 Å². The number of benzene rings is 1. The molecule has 1 fully saturated rings. The van der Waals surface area contributed by atoms with Gasteiger partial charge in [0.15, 0.2) is 16.7 Å². The number of carbonyl (C=O) groups is 3.